The maximum atomic E-state index is 12.1. The summed E-state index contributed by atoms with van der Waals surface area (Å²) >= 11 is 6.81. The molecule has 170 valence electrons. The van der Waals surface area contributed by atoms with Gasteiger partial charge in [0.2, 0.25) is 0 Å². The van der Waals surface area contributed by atoms with E-state index in [1.165, 1.54) is 0 Å². The summed E-state index contributed by atoms with van der Waals surface area (Å²) in [5.74, 6) is -0.199. The number of rotatable bonds is 3. The van der Waals surface area contributed by atoms with Gasteiger partial charge in [0.25, 0.3) is 0 Å². The zero-order valence-electron chi connectivity index (χ0n) is 19.4. The van der Waals surface area contributed by atoms with Crippen molar-refractivity contribution in [2.75, 3.05) is 19.8 Å². The molecule has 2 heterocycles. The van der Waals surface area contributed by atoms with Gasteiger partial charge < -0.3 is 19.3 Å². The second-order valence-corrected chi connectivity index (χ2v) is 9.80. The monoisotopic (exact) mass is 440 g/mol. The van der Waals surface area contributed by atoms with Crippen LogP contribution in [0.15, 0.2) is 22.8 Å². The van der Waals surface area contributed by atoms with Gasteiger partial charge in [0.15, 0.2) is 0 Å². The molecule has 1 N–H and O–H groups in total. The molecule has 0 amide bonds. The SMILES string of the molecule is CC.CCOC1C2(C)OCC3C4=C(CCC3(C)C2=CC(Cl)C1(O)C(C)C)C(=O)OC4. The lowest BCUT2D eigenvalue weighted by atomic mass is 9.53. The van der Waals surface area contributed by atoms with E-state index in [-0.39, 0.29) is 23.2 Å². The number of ether oxygens (including phenoxy) is 3. The van der Waals surface area contributed by atoms with Gasteiger partial charge in [-0.2, -0.15) is 0 Å². The summed E-state index contributed by atoms with van der Waals surface area (Å²) in [5, 5.41) is 11.0. The molecule has 5 nitrogen and oxygen atoms in total. The first kappa shape index (κ1) is 23.8. The molecule has 6 heteroatoms. The van der Waals surface area contributed by atoms with E-state index >= 15 is 0 Å². The summed E-state index contributed by atoms with van der Waals surface area (Å²) in [7, 11) is 0. The highest BCUT2D eigenvalue weighted by Gasteiger charge is 2.65. The van der Waals surface area contributed by atoms with Gasteiger partial charge in [-0.15, -0.1) is 11.6 Å². The van der Waals surface area contributed by atoms with Gasteiger partial charge >= 0.3 is 5.97 Å². The number of hydrogen-bond donors (Lipinski definition) is 1. The number of fused-ring (bicyclic) bond motifs is 4. The first-order chi connectivity index (χ1) is 14.1. The van der Waals surface area contributed by atoms with Gasteiger partial charge in [-0.3, -0.25) is 0 Å². The molecule has 0 saturated carbocycles. The van der Waals surface area contributed by atoms with E-state index in [1.54, 1.807) is 0 Å². The zero-order valence-corrected chi connectivity index (χ0v) is 20.1. The Bertz CT molecular complexity index is 759. The van der Waals surface area contributed by atoms with Crippen molar-refractivity contribution in [3.63, 3.8) is 0 Å². The zero-order chi connectivity index (χ0) is 22.5. The summed E-state index contributed by atoms with van der Waals surface area (Å²) in [6.07, 6.45) is 2.97. The maximum Gasteiger partial charge on any atom is 0.334 e. The minimum Gasteiger partial charge on any atom is -0.458 e. The second-order valence-electron chi connectivity index (χ2n) is 9.33. The molecule has 6 atom stereocenters. The molecule has 4 rings (SSSR count). The number of esters is 1. The quantitative estimate of drug-likeness (QED) is 0.400. The Morgan fingerprint density at radius 3 is 2.60 bits per heavy atom. The average molecular weight is 441 g/mol. The third-order valence-electron chi connectivity index (χ3n) is 7.71. The van der Waals surface area contributed by atoms with Crippen LogP contribution >= 0.6 is 11.6 Å². The molecule has 0 spiro atoms. The summed E-state index contributed by atoms with van der Waals surface area (Å²) in [6.45, 7) is 15.4. The van der Waals surface area contributed by atoms with Crippen molar-refractivity contribution in [1.29, 1.82) is 0 Å². The van der Waals surface area contributed by atoms with Gasteiger partial charge in [0, 0.05) is 23.5 Å². The lowest BCUT2D eigenvalue weighted by Crippen LogP contribution is -2.70. The molecule has 2 aliphatic carbocycles. The summed E-state index contributed by atoms with van der Waals surface area (Å²) in [4.78, 5) is 12.1. The first-order valence-electron chi connectivity index (χ1n) is 11.3. The molecule has 0 bridgehead atoms. The highest BCUT2D eigenvalue weighted by atomic mass is 35.5. The van der Waals surface area contributed by atoms with Gasteiger partial charge in [-0.1, -0.05) is 40.7 Å². The van der Waals surface area contributed by atoms with E-state index in [9.17, 15) is 9.90 Å². The molecular weight excluding hydrogens is 404 g/mol. The van der Waals surface area contributed by atoms with Crippen LogP contribution in [0.2, 0.25) is 0 Å². The van der Waals surface area contributed by atoms with Crippen LogP contribution in [-0.2, 0) is 19.0 Å². The Hall–Kier alpha value is -0.880. The van der Waals surface area contributed by atoms with Crippen LogP contribution in [-0.4, -0.2) is 53.6 Å². The van der Waals surface area contributed by atoms with Crippen molar-refractivity contribution in [2.24, 2.45) is 17.3 Å². The van der Waals surface area contributed by atoms with Crippen LogP contribution < -0.4 is 0 Å². The Balaban J connectivity index is 0.00000124. The normalized spacial score (nSPS) is 42.5. The number of carbonyl (C=O) groups excluding carboxylic acids is 1. The predicted molar refractivity (Wildman–Crippen MR) is 117 cm³/mol. The smallest absolute Gasteiger partial charge is 0.334 e. The average Bonchev–Trinajstić information content (AvgIpc) is 3.09. The molecular formula is C24H37ClO5. The Morgan fingerprint density at radius 2 is 2.00 bits per heavy atom. The molecule has 0 aromatic rings. The topological polar surface area (TPSA) is 65.0 Å². The number of alkyl halides is 1. The van der Waals surface area contributed by atoms with E-state index in [2.05, 4.69) is 6.92 Å². The number of aliphatic hydroxyl groups is 1. The molecule has 2 aliphatic heterocycles. The molecule has 4 aliphatic rings. The predicted octanol–water partition coefficient (Wildman–Crippen LogP) is 4.41. The minimum absolute atomic E-state index is 0.0819. The van der Waals surface area contributed by atoms with Gasteiger partial charge in [0.05, 0.1) is 12.0 Å². The molecule has 6 unspecified atom stereocenters. The molecule has 30 heavy (non-hydrogen) atoms. The Labute approximate surface area is 185 Å². The Kier molecular flexibility index (Phi) is 6.53. The van der Waals surface area contributed by atoms with Crippen molar-refractivity contribution in [3.8, 4) is 0 Å². The summed E-state index contributed by atoms with van der Waals surface area (Å²) in [6, 6.07) is 0. The van der Waals surface area contributed by atoms with E-state index in [1.807, 2.05) is 47.6 Å². The molecule has 1 fully saturated rings. The van der Waals surface area contributed by atoms with Crippen molar-refractivity contribution in [1.82, 2.24) is 0 Å². The number of hydrogen-bond acceptors (Lipinski definition) is 5. The largest absolute Gasteiger partial charge is 0.458 e. The van der Waals surface area contributed by atoms with Crippen LogP contribution in [0.1, 0.15) is 61.3 Å². The lowest BCUT2D eigenvalue weighted by molar-refractivity contribution is -0.234. The van der Waals surface area contributed by atoms with E-state index in [4.69, 9.17) is 25.8 Å². The van der Waals surface area contributed by atoms with Crippen LogP contribution in [0.25, 0.3) is 0 Å². The molecule has 0 aromatic heterocycles. The molecule has 0 radical (unpaired) electrons. The van der Waals surface area contributed by atoms with Gasteiger partial charge in [0.1, 0.15) is 23.9 Å². The van der Waals surface area contributed by atoms with Crippen LogP contribution in [0.4, 0.5) is 0 Å². The van der Waals surface area contributed by atoms with Crippen molar-refractivity contribution < 1.29 is 24.1 Å². The highest BCUT2D eigenvalue weighted by molar-refractivity contribution is 6.23. The fraction of sp³-hybridized carbons (Fsp3) is 0.792. The van der Waals surface area contributed by atoms with E-state index < -0.39 is 22.7 Å². The second kappa shape index (κ2) is 8.23. The third kappa shape index (κ3) is 3.11. The van der Waals surface area contributed by atoms with Gasteiger partial charge in [-0.25, -0.2) is 4.79 Å². The first-order valence-corrected chi connectivity index (χ1v) is 11.8. The number of halogens is 1. The highest BCUT2D eigenvalue weighted by Crippen LogP contribution is 2.61. The number of carbonyl (C=O) groups is 1. The summed E-state index contributed by atoms with van der Waals surface area (Å²) in [5.41, 5.74) is 0.781. The maximum absolute atomic E-state index is 12.1. The van der Waals surface area contributed by atoms with E-state index in [0.717, 1.165) is 23.1 Å². The Morgan fingerprint density at radius 1 is 1.33 bits per heavy atom. The standard InChI is InChI=1S/C22H31ClO5.C2H6/c1-6-26-19-21(5)16(9-17(23)22(19,25)12(2)3)20(4)8-7-13-14(10-27-18(13)24)15(20)11-28-21;1-2/h9,12,15,17,19,25H,6-8,10-11H2,1-5H3;1-2H3. The van der Waals surface area contributed by atoms with Crippen molar-refractivity contribution in [3.05, 3.63) is 22.8 Å². The van der Waals surface area contributed by atoms with E-state index in [0.29, 0.717) is 26.2 Å². The molecule has 0 aromatic carbocycles. The lowest BCUT2D eigenvalue weighted by Gasteiger charge is -2.61. The van der Waals surface area contributed by atoms with Crippen LogP contribution in [0.5, 0.6) is 0 Å². The van der Waals surface area contributed by atoms with Crippen molar-refractivity contribution in [2.45, 2.75) is 84.0 Å². The fourth-order valence-electron chi connectivity index (χ4n) is 5.99. The number of cyclic esters (lactones) is 1. The van der Waals surface area contributed by atoms with Crippen molar-refractivity contribution >= 4 is 17.6 Å². The fourth-order valence-corrected chi connectivity index (χ4v) is 6.48. The molecule has 1 saturated heterocycles. The third-order valence-corrected chi connectivity index (χ3v) is 8.19. The van der Waals surface area contributed by atoms with Crippen LogP contribution in [0, 0.1) is 17.3 Å². The van der Waals surface area contributed by atoms with Crippen LogP contribution in [0.3, 0.4) is 0 Å². The minimum atomic E-state index is -1.23. The summed E-state index contributed by atoms with van der Waals surface area (Å²) < 4.78 is 18.0. The van der Waals surface area contributed by atoms with Gasteiger partial charge in [-0.05, 0) is 43.8 Å².